The minimum Gasteiger partial charge on any atom is -0.144 e. The van der Waals surface area contributed by atoms with E-state index in [2.05, 4.69) is 115 Å². The molecule has 1 saturated heterocycles. The van der Waals surface area contributed by atoms with Gasteiger partial charge in [0.1, 0.15) is 23.2 Å². The molecule has 0 spiro atoms. The van der Waals surface area contributed by atoms with Gasteiger partial charge in [-0.1, -0.05) is 54.6 Å². The van der Waals surface area contributed by atoms with Crippen LogP contribution in [-0.2, 0) is 0 Å². The zero-order chi connectivity index (χ0) is 17.7. The number of hydrogen-bond donors (Lipinski definition) is 0. The maximum absolute atomic E-state index is 2.35. The van der Waals surface area contributed by atoms with E-state index < -0.39 is 7.26 Å². The van der Waals surface area contributed by atoms with E-state index >= 15 is 0 Å². The maximum Gasteiger partial charge on any atom is 0.114 e. The van der Waals surface area contributed by atoms with Gasteiger partial charge < -0.3 is 0 Å². The summed E-state index contributed by atoms with van der Waals surface area (Å²) >= 11 is 4.33. The Balaban J connectivity index is 1.90. The second-order valence-corrected chi connectivity index (χ2v) is 13.0. The normalized spacial score (nSPS) is 15.7. The van der Waals surface area contributed by atoms with Crippen molar-refractivity contribution in [1.82, 2.24) is 0 Å². The summed E-state index contributed by atoms with van der Waals surface area (Å²) in [4.78, 5) is 0. The quantitative estimate of drug-likeness (QED) is 0.546. The van der Waals surface area contributed by atoms with Gasteiger partial charge in [0.2, 0.25) is 0 Å². The first-order chi connectivity index (χ1) is 12.9. The highest BCUT2D eigenvalue weighted by molar-refractivity contribution is 8.18. The Bertz CT molecular complexity index is 703. The molecule has 0 atom stereocenters. The van der Waals surface area contributed by atoms with Gasteiger partial charge in [-0.15, -0.1) is 23.5 Å². The summed E-state index contributed by atoms with van der Waals surface area (Å²) < 4.78 is 0.678. The molecule has 0 N–H and O–H groups in total. The Morgan fingerprint density at radius 1 is 0.615 bits per heavy atom. The number of rotatable bonds is 5. The van der Waals surface area contributed by atoms with Crippen molar-refractivity contribution in [2.75, 3.05) is 17.7 Å². The van der Waals surface area contributed by atoms with Crippen LogP contribution in [0.3, 0.4) is 0 Å². The lowest BCUT2D eigenvalue weighted by atomic mass is 10.4. The SMILES string of the molecule is c1ccc([P+](CC2SCCCS2)(c2ccccc2)c2ccccc2)cc1. The Morgan fingerprint density at radius 3 is 1.38 bits per heavy atom. The molecule has 0 nitrogen and oxygen atoms in total. The van der Waals surface area contributed by atoms with Crippen molar-refractivity contribution >= 4 is 46.7 Å². The lowest BCUT2D eigenvalue weighted by Crippen LogP contribution is -2.36. The summed E-state index contributed by atoms with van der Waals surface area (Å²) in [5.41, 5.74) is 0. The zero-order valence-corrected chi connectivity index (χ0v) is 17.4. The van der Waals surface area contributed by atoms with Crippen molar-refractivity contribution in [3.05, 3.63) is 91.0 Å². The van der Waals surface area contributed by atoms with Crippen LogP contribution in [0.15, 0.2) is 91.0 Å². The first-order valence-corrected chi connectivity index (χ1v) is 13.2. The van der Waals surface area contributed by atoms with Gasteiger partial charge in [-0.25, -0.2) is 0 Å². The second-order valence-electron chi connectivity index (χ2n) is 6.52. The van der Waals surface area contributed by atoms with Gasteiger partial charge >= 0.3 is 0 Å². The third-order valence-electron chi connectivity index (χ3n) is 4.91. The molecule has 0 aliphatic carbocycles. The van der Waals surface area contributed by atoms with Gasteiger partial charge in [0.05, 0.1) is 10.7 Å². The van der Waals surface area contributed by atoms with Gasteiger partial charge in [-0.2, -0.15) is 0 Å². The predicted octanol–water partition coefficient (Wildman–Crippen LogP) is 5.18. The molecule has 3 aromatic carbocycles. The zero-order valence-electron chi connectivity index (χ0n) is 14.8. The lowest BCUT2D eigenvalue weighted by Gasteiger charge is -2.32. The van der Waals surface area contributed by atoms with Crippen LogP contribution in [0.2, 0.25) is 0 Å². The molecule has 3 aromatic rings. The summed E-state index contributed by atoms with van der Waals surface area (Å²) in [7, 11) is -1.66. The maximum atomic E-state index is 2.35. The summed E-state index contributed by atoms with van der Waals surface area (Å²) in [6, 6.07) is 33.8. The highest BCUT2D eigenvalue weighted by Crippen LogP contribution is 2.58. The van der Waals surface area contributed by atoms with Crippen LogP contribution in [0.5, 0.6) is 0 Å². The average molecular weight is 396 g/mol. The van der Waals surface area contributed by atoms with Crippen LogP contribution in [0.25, 0.3) is 0 Å². The van der Waals surface area contributed by atoms with Gasteiger partial charge in [0.25, 0.3) is 0 Å². The van der Waals surface area contributed by atoms with Crippen LogP contribution < -0.4 is 15.9 Å². The molecule has 1 aliphatic rings. The second kappa shape index (κ2) is 8.65. The fraction of sp³-hybridized carbons (Fsp3) is 0.217. The molecule has 1 heterocycles. The Hall–Kier alpha value is -1.21. The molecule has 0 unspecified atom stereocenters. The van der Waals surface area contributed by atoms with Crippen molar-refractivity contribution in [2.45, 2.75) is 11.0 Å². The van der Waals surface area contributed by atoms with E-state index in [0.29, 0.717) is 4.58 Å². The summed E-state index contributed by atoms with van der Waals surface area (Å²) in [6.45, 7) is 0. The molecular weight excluding hydrogens is 371 g/mol. The highest BCUT2D eigenvalue weighted by atomic mass is 32.2. The smallest absolute Gasteiger partial charge is 0.114 e. The van der Waals surface area contributed by atoms with Crippen molar-refractivity contribution in [2.24, 2.45) is 0 Å². The molecular formula is C23H24PS2+. The van der Waals surface area contributed by atoms with Gasteiger partial charge in [-0.3, -0.25) is 0 Å². The Labute approximate surface area is 166 Å². The van der Waals surface area contributed by atoms with E-state index in [1.807, 2.05) is 0 Å². The van der Waals surface area contributed by atoms with Crippen LogP contribution in [-0.4, -0.2) is 22.2 Å². The van der Waals surface area contributed by atoms with Crippen LogP contribution in [0, 0.1) is 0 Å². The monoisotopic (exact) mass is 395 g/mol. The first-order valence-electron chi connectivity index (χ1n) is 9.18. The lowest BCUT2D eigenvalue weighted by molar-refractivity contribution is 1.10. The van der Waals surface area contributed by atoms with E-state index in [0.717, 1.165) is 0 Å². The third-order valence-corrected chi connectivity index (χ3v) is 12.8. The van der Waals surface area contributed by atoms with Crippen LogP contribution >= 0.6 is 30.8 Å². The molecule has 1 fully saturated rings. The molecule has 4 rings (SSSR count). The Kier molecular flexibility index (Phi) is 6.05. The Morgan fingerprint density at radius 2 is 1.00 bits per heavy atom. The van der Waals surface area contributed by atoms with Gasteiger partial charge in [-0.05, 0) is 54.3 Å². The van der Waals surface area contributed by atoms with Crippen molar-refractivity contribution in [3.63, 3.8) is 0 Å². The number of hydrogen-bond acceptors (Lipinski definition) is 2. The molecule has 0 amide bonds. The number of benzene rings is 3. The van der Waals surface area contributed by atoms with E-state index in [9.17, 15) is 0 Å². The third kappa shape index (κ3) is 3.74. The van der Waals surface area contributed by atoms with Crippen molar-refractivity contribution in [1.29, 1.82) is 0 Å². The topological polar surface area (TPSA) is 0 Å². The molecule has 26 heavy (non-hydrogen) atoms. The molecule has 1 aliphatic heterocycles. The van der Waals surface area contributed by atoms with Crippen LogP contribution in [0.1, 0.15) is 6.42 Å². The fourth-order valence-electron chi connectivity index (χ4n) is 3.68. The van der Waals surface area contributed by atoms with Gasteiger partial charge in [0, 0.05) is 0 Å². The van der Waals surface area contributed by atoms with E-state index in [1.54, 1.807) is 0 Å². The summed E-state index contributed by atoms with van der Waals surface area (Å²) in [5, 5.41) is 4.51. The van der Waals surface area contributed by atoms with Crippen LogP contribution in [0.4, 0.5) is 0 Å². The minimum atomic E-state index is -1.66. The predicted molar refractivity (Wildman–Crippen MR) is 123 cm³/mol. The summed E-state index contributed by atoms with van der Waals surface area (Å²) in [6.07, 6.45) is 2.58. The molecule has 3 heteroatoms. The van der Waals surface area contributed by atoms with Crippen molar-refractivity contribution < 1.29 is 0 Å². The molecule has 0 saturated carbocycles. The van der Waals surface area contributed by atoms with E-state index in [4.69, 9.17) is 0 Å². The fourth-order valence-corrected chi connectivity index (χ4v) is 12.2. The molecule has 0 bridgehead atoms. The summed E-state index contributed by atoms with van der Waals surface area (Å²) in [5.74, 6) is 2.60. The van der Waals surface area contributed by atoms with E-state index in [-0.39, 0.29) is 0 Å². The first kappa shape index (κ1) is 18.2. The standard InChI is InChI=1S/C23H24PS2/c1-4-11-20(12-5-1)24(21-13-6-2-7-14-21,22-15-8-3-9-16-22)19-23-25-17-10-18-26-23/h1-9,11-16,23H,10,17-19H2/q+1. The molecule has 0 aromatic heterocycles. The van der Waals surface area contributed by atoms with Crippen molar-refractivity contribution in [3.8, 4) is 0 Å². The highest BCUT2D eigenvalue weighted by Gasteiger charge is 2.47. The average Bonchev–Trinajstić information content (AvgIpc) is 2.75. The molecule has 0 radical (unpaired) electrons. The number of thioether (sulfide) groups is 2. The molecule has 132 valence electrons. The van der Waals surface area contributed by atoms with E-state index in [1.165, 1.54) is 40.0 Å². The minimum absolute atomic E-state index is 0.678. The largest absolute Gasteiger partial charge is 0.144 e. The van der Waals surface area contributed by atoms with Gasteiger partial charge in [0.15, 0.2) is 0 Å².